The first kappa shape index (κ1) is 23.1. The van der Waals surface area contributed by atoms with Crippen molar-refractivity contribution < 1.29 is 17.9 Å². The number of nitrogens with one attached hydrogen (secondary N) is 1. The van der Waals surface area contributed by atoms with Crippen molar-refractivity contribution in [1.29, 1.82) is 0 Å². The Labute approximate surface area is 185 Å². The average Bonchev–Trinajstić information content (AvgIpc) is 3.19. The van der Waals surface area contributed by atoms with Crippen LogP contribution in [0.4, 0.5) is 5.69 Å². The Morgan fingerprint density at radius 3 is 2.65 bits per heavy atom. The zero-order valence-electron chi connectivity index (χ0n) is 18.6. The van der Waals surface area contributed by atoms with E-state index in [-0.39, 0.29) is 24.9 Å². The molecule has 1 aliphatic carbocycles. The topological polar surface area (TPSA) is 75.7 Å². The minimum Gasteiger partial charge on any atom is -0.492 e. The standard InChI is InChI=1S/C24H32N2O4S/c1-4-30-23-12-6-5-11-22(23)26(31(3,28)29)16-8-13-24(27)25-18(2)20-15-14-19-9-7-10-21(19)17-20/h5-6,11-12,14-15,17-18H,4,7-10,13,16H2,1-3H3,(H,25,27)/t18-/m0/s1. The molecule has 1 N–H and O–H groups in total. The predicted molar refractivity (Wildman–Crippen MR) is 124 cm³/mol. The molecule has 1 amide bonds. The minimum absolute atomic E-state index is 0.0805. The second-order valence-electron chi connectivity index (χ2n) is 8.01. The molecular weight excluding hydrogens is 412 g/mol. The monoisotopic (exact) mass is 444 g/mol. The highest BCUT2D eigenvalue weighted by Gasteiger charge is 2.21. The molecule has 0 aromatic heterocycles. The lowest BCUT2D eigenvalue weighted by Crippen LogP contribution is -2.33. The molecule has 0 fully saturated rings. The fraction of sp³-hybridized carbons (Fsp3) is 0.458. The zero-order valence-corrected chi connectivity index (χ0v) is 19.4. The Balaban J connectivity index is 1.59. The van der Waals surface area contributed by atoms with E-state index >= 15 is 0 Å². The second kappa shape index (κ2) is 10.2. The van der Waals surface area contributed by atoms with Gasteiger partial charge >= 0.3 is 0 Å². The lowest BCUT2D eigenvalue weighted by Gasteiger charge is -2.24. The van der Waals surface area contributed by atoms with Crippen LogP contribution in [0.3, 0.4) is 0 Å². The van der Waals surface area contributed by atoms with Gasteiger partial charge in [-0.3, -0.25) is 9.10 Å². The number of fused-ring (bicyclic) bond motifs is 1. The number of nitrogens with zero attached hydrogens (tertiary/aromatic N) is 1. The summed E-state index contributed by atoms with van der Waals surface area (Å²) >= 11 is 0. The number of hydrogen-bond donors (Lipinski definition) is 1. The van der Waals surface area contributed by atoms with Crippen LogP contribution in [0.25, 0.3) is 0 Å². The van der Waals surface area contributed by atoms with Gasteiger partial charge in [-0.15, -0.1) is 0 Å². The van der Waals surface area contributed by atoms with Crippen LogP contribution in [-0.2, 0) is 27.7 Å². The van der Waals surface area contributed by atoms with Gasteiger partial charge in [-0.05, 0) is 68.4 Å². The highest BCUT2D eigenvalue weighted by atomic mass is 32.2. The number of carbonyl (C=O) groups is 1. The first-order chi connectivity index (χ1) is 14.8. The van der Waals surface area contributed by atoms with E-state index in [1.807, 2.05) is 19.9 Å². The van der Waals surface area contributed by atoms with E-state index < -0.39 is 10.0 Å². The number of amides is 1. The van der Waals surface area contributed by atoms with E-state index in [0.717, 1.165) is 18.4 Å². The first-order valence-corrected chi connectivity index (χ1v) is 12.7. The van der Waals surface area contributed by atoms with Gasteiger partial charge in [0.1, 0.15) is 5.75 Å². The lowest BCUT2D eigenvalue weighted by atomic mass is 10.0. The maximum absolute atomic E-state index is 12.5. The number of carbonyl (C=O) groups excluding carboxylic acids is 1. The SMILES string of the molecule is CCOc1ccccc1N(CCCC(=O)N[C@@H](C)c1ccc2c(c1)CCC2)S(C)(=O)=O. The van der Waals surface area contributed by atoms with Gasteiger partial charge in [-0.2, -0.15) is 0 Å². The molecule has 0 radical (unpaired) electrons. The molecule has 31 heavy (non-hydrogen) atoms. The first-order valence-electron chi connectivity index (χ1n) is 10.9. The minimum atomic E-state index is -3.51. The fourth-order valence-corrected chi connectivity index (χ4v) is 5.02. The van der Waals surface area contributed by atoms with Crippen molar-refractivity contribution in [3.8, 4) is 5.75 Å². The quantitative estimate of drug-likeness (QED) is 0.601. The van der Waals surface area contributed by atoms with Crippen LogP contribution in [-0.4, -0.2) is 33.7 Å². The van der Waals surface area contributed by atoms with E-state index in [1.165, 1.54) is 28.1 Å². The molecule has 3 rings (SSSR count). The van der Waals surface area contributed by atoms with Gasteiger partial charge in [-0.25, -0.2) is 8.42 Å². The van der Waals surface area contributed by atoms with Gasteiger partial charge in [0, 0.05) is 13.0 Å². The van der Waals surface area contributed by atoms with Crippen molar-refractivity contribution in [2.75, 3.05) is 23.7 Å². The molecule has 0 saturated carbocycles. The molecule has 1 aliphatic rings. The Morgan fingerprint density at radius 2 is 1.90 bits per heavy atom. The molecule has 0 unspecified atom stereocenters. The summed E-state index contributed by atoms with van der Waals surface area (Å²) in [5.74, 6) is 0.435. The molecule has 2 aromatic rings. The van der Waals surface area contributed by atoms with Gasteiger partial charge in [0.25, 0.3) is 0 Å². The molecule has 0 bridgehead atoms. The van der Waals surface area contributed by atoms with E-state index in [9.17, 15) is 13.2 Å². The third-order valence-electron chi connectivity index (χ3n) is 5.60. The molecule has 1 atom stereocenters. The maximum Gasteiger partial charge on any atom is 0.232 e. The van der Waals surface area contributed by atoms with Crippen molar-refractivity contribution in [2.24, 2.45) is 0 Å². The predicted octanol–water partition coefficient (Wildman–Crippen LogP) is 4.00. The number of rotatable bonds is 10. The summed E-state index contributed by atoms with van der Waals surface area (Å²) in [7, 11) is -3.51. The Bertz CT molecular complexity index is 1020. The number of sulfonamides is 1. The number of anilines is 1. The zero-order chi connectivity index (χ0) is 22.4. The lowest BCUT2D eigenvalue weighted by molar-refractivity contribution is -0.121. The van der Waals surface area contributed by atoms with Crippen LogP contribution in [0.2, 0.25) is 0 Å². The molecule has 168 valence electrons. The summed E-state index contributed by atoms with van der Waals surface area (Å²) in [6.07, 6.45) is 5.27. The summed E-state index contributed by atoms with van der Waals surface area (Å²) in [6.45, 7) is 4.49. The molecule has 0 saturated heterocycles. The molecule has 0 heterocycles. The number of para-hydroxylation sites is 2. The largest absolute Gasteiger partial charge is 0.492 e. The summed E-state index contributed by atoms with van der Waals surface area (Å²) in [4.78, 5) is 12.5. The normalized spacial score (nSPS) is 14.0. The van der Waals surface area contributed by atoms with Crippen LogP contribution in [0.5, 0.6) is 5.75 Å². The highest BCUT2D eigenvalue weighted by molar-refractivity contribution is 7.92. The van der Waals surface area contributed by atoms with Gasteiger partial charge in [0.05, 0.1) is 24.6 Å². The van der Waals surface area contributed by atoms with Crippen LogP contribution < -0.4 is 14.4 Å². The molecule has 0 spiro atoms. The Kier molecular flexibility index (Phi) is 7.59. The van der Waals surface area contributed by atoms with Crippen molar-refractivity contribution in [1.82, 2.24) is 5.32 Å². The number of aryl methyl sites for hydroxylation is 2. The third kappa shape index (κ3) is 6.00. The summed E-state index contributed by atoms with van der Waals surface area (Å²) in [5.41, 5.74) is 4.40. The molecule has 7 heteroatoms. The number of hydrogen-bond acceptors (Lipinski definition) is 4. The third-order valence-corrected chi connectivity index (χ3v) is 6.78. The summed E-state index contributed by atoms with van der Waals surface area (Å²) in [5, 5.41) is 3.04. The van der Waals surface area contributed by atoms with Crippen molar-refractivity contribution in [3.63, 3.8) is 0 Å². The summed E-state index contributed by atoms with van der Waals surface area (Å²) < 4.78 is 31.7. The van der Waals surface area contributed by atoms with Crippen LogP contribution in [0.15, 0.2) is 42.5 Å². The molecule has 6 nitrogen and oxygen atoms in total. The Morgan fingerprint density at radius 1 is 1.16 bits per heavy atom. The van der Waals surface area contributed by atoms with Gasteiger partial charge in [-0.1, -0.05) is 30.3 Å². The van der Waals surface area contributed by atoms with Crippen molar-refractivity contribution >= 4 is 21.6 Å². The van der Waals surface area contributed by atoms with Crippen molar-refractivity contribution in [2.45, 2.75) is 52.0 Å². The van der Waals surface area contributed by atoms with E-state index in [2.05, 4.69) is 23.5 Å². The fourth-order valence-electron chi connectivity index (χ4n) is 4.05. The number of benzene rings is 2. The molecule has 2 aromatic carbocycles. The average molecular weight is 445 g/mol. The van der Waals surface area contributed by atoms with Crippen LogP contribution in [0.1, 0.15) is 55.8 Å². The number of ether oxygens (including phenoxy) is 1. The van der Waals surface area contributed by atoms with Gasteiger partial charge in [0.15, 0.2) is 0 Å². The van der Waals surface area contributed by atoms with Crippen molar-refractivity contribution in [3.05, 3.63) is 59.2 Å². The van der Waals surface area contributed by atoms with Crippen LogP contribution in [0, 0.1) is 0 Å². The van der Waals surface area contributed by atoms with E-state index in [0.29, 0.717) is 24.5 Å². The smallest absolute Gasteiger partial charge is 0.232 e. The second-order valence-corrected chi connectivity index (χ2v) is 9.92. The summed E-state index contributed by atoms with van der Waals surface area (Å²) in [6, 6.07) is 13.4. The van der Waals surface area contributed by atoms with E-state index in [4.69, 9.17) is 4.74 Å². The molecule has 0 aliphatic heterocycles. The maximum atomic E-state index is 12.5. The van der Waals surface area contributed by atoms with Crippen LogP contribution >= 0.6 is 0 Å². The Hall–Kier alpha value is -2.54. The van der Waals surface area contributed by atoms with Gasteiger partial charge in [0.2, 0.25) is 15.9 Å². The van der Waals surface area contributed by atoms with Gasteiger partial charge < -0.3 is 10.1 Å². The highest BCUT2D eigenvalue weighted by Crippen LogP contribution is 2.30. The van der Waals surface area contributed by atoms with E-state index in [1.54, 1.807) is 18.2 Å². The molecular formula is C24H32N2O4S.